The third-order valence-corrected chi connectivity index (χ3v) is 4.88. The van der Waals surface area contributed by atoms with Gasteiger partial charge in [-0.1, -0.05) is 0 Å². The number of carboxylic acids is 1. The molecule has 0 bridgehead atoms. The van der Waals surface area contributed by atoms with Gasteiger partial charge in [-0.3, -0.25) is 15.0 Å². The molecular formula is C18H20F3N5O4. The summed E-state index contributed by atoms with van der Waals surface area (Å²) in [6.07, 6.45) is 1.19. The quantitative estimate of drug-likeness (QED) is 0.676. The first-order valence-corrected chi connectivity index (χ1v) is 9.26. The highest BCUT2D eigenvalue weighted by Gasteiger charge is 2.38. The molecule has 12 heteroatoms. The lowest BCUT2D eigenvalue weighted by molar-refractivity contribution is -0.192. The Balaban J connectivity index is 0.000000318. The van der Waals surface area contributed by atoms with Gasteiger partial charge in [0, 0.05) is 36.8 Å². The molecule has 4 rings (SSSR count). The second-order valence-corrected chi connectivity index (χ2v) is 6.83. The Morgan fingerprint density at radius 2 is 1.87 bits per heavy atom. The maximum atomic E-state index is 12.1. The van der Waals surface area contributed by atoms with E-state index in [1.165, 1.54) is 0 Å². The lowest BCUT2D eigenvalue weighted by atomic mass is 10.1. The molecule has 2 aromatic rings. The van der Waals surface area contributed by atoms with Crippen LogP contribution in [0.15, 0.2) is 24.5 Å². The Bertz CT molecular complexity index is 953. The van der Waals surface area contributed by atoms with Crippen molar-refractivity contribution in [3.8, 4) is 0 Å². The summed E-state index contributed by atoms with van der Waals surface area (Å²) < 4.78 is 34.0. The summed E-state index contributed by atoms with van der Waals surface area (Å²) >= 11 is 0. The number of nitrogens with zero attached hydrogens (tertiary/aromatic N) is 3. The van der Waals surface area contributed by atoms with E-state index in [0.717, 1.165) is 42.7 Å². The number of carbonyl (C=O) groups excluding carboxylic acids is 2. The van der Waals surface area contributed by atoms with Gasteiger partial charge in [0.25, 0.3) is 0 Å². The Morgan fingerprint density at radius 1 is 1.20 bits per heavy atom. The number of urea groups is 1. The molecule has 3 amide bonds. The Morgan fingerprint density at radius 3 is 2.47 bits per heavy atom. The molecule has 0 atom stereocenters. The van der Waals surface area contributed by atoms with E-state index in [-0.39, 0.29) is 11.9 Å². The van der Waals surface area contributed by atoms with Crippen molar-refractivity contribution in [3.63, 3.8) is 0 Å². The zero-order valence-corrected chi connectivity index (χ0v) is 15.8. The van der Waals surface area contributed by atoms with Crippen LogP contribution in [-0.4, -0.2) is 58.4 Å². The van der Waals surface area contributed by atoms with Gasteiger partial charge in [-0.15, -0.1) is 0 Å². The molecule has 0 saturated carbocycles. The van der Waals surface area contributed by atoms with Crippen LogP contribution in [0.2, 0.25) is 0 Å². The number of amides is 3. The van der Waals surface area contributed by atoms with Gasteiger partial charge in [-0.25, -0.2) is 14.6 Å². The van der Waals surface area contributed by atoms with Crippen LogP contribution in [0.3, 0.4) is 0 Å². The number of halogens is 3. The van der Waals surface area contributed by atoms with Crippen molar-refractivity contribution >= 4 is 34.6 Å². The largest absolute Gasteiger partial charge is 0.490 e. The number of carboxylic acid groups (broad SMARTS) is 1. The van der Waals surface area contributed by atoms with Gasteiger partial charge >= 0.3 is 18.2 Å². The van der Waals surface area contributed by atoms with Gasteiger partial charge in [0.05, 0.1) is 5.69 Å². The van der Waals surface area contributed by atoms with E-state index in [0.29, 0.717) is 19.0 Å². The number of aliphatic carboxylic acids is 1. The van der Waals surface area contributed by atoms with E-state index in [1.54, 1.807) is 11.1 Å². The molecule has 30 heavy (non-hydrogen) atoms. The average Bonchev–Trinajstić information content (AvgIpc) is 3.13. The van der Waals surface area contributed by atoms with Crippen LogP contribution >= 0.6 is 0 Å². The third kappa shape index (κ3) is 4.70. The monoisotopic (exact) mass is 427 g/mol. The van der Waals surface area contributed by atoms with Gasteiger partial charge in [0.1, 0.15) is 5.65 Å². The Labute approximate surface area is 168 Å². The number of aromatic nitrogens is 2. The fourth-order valence-electron chi connectivity index (χ4n) is 3.45. The molecule has 0 aromatic carbocycles. The highest BCUT2D eigenvalue weighted by atomic mass is 19.4. The highest BCUT2D eigenvalue weighted by molar-refractivity contribution is 6.09. The lowest BCUT2D eigenvalue weighted by Crippen LogP contribution is -2.49. The van der Waals surface area contributed by atoms with Gasteiger partial charge in [0.2, 0.25) is 5.91 Å². The van der Waals surface area contributed by atoms with Crippen molar-refractivity contribution in [2.75, 3.05) is 24.5 Å². The van der Waals surface area contributed by atoms with Crippen molar-refractivity contribution in [2.24, 2.45) is 0 Å². The number of piperidine rings is 1. The minimum Gasteiger partial charge on any atom is -0.475 e. The fourth-order valence-corrected chi connectivity index (χ4v) is 3.45. The number of hydrogen-bond acceptors (Lipinski definition) is 5. The zero-order valence-electron chi connectivity index (χ0n) is 15.8. The number of pyridine rings is 1. The summed E-state index contributed by atoms with van der Waals surface area (Å²) in [7, 11) is 0. The van der Waals surface area contributed by atoms with Crippen LogP contribution in [0.4, 0.5) is 23.7 Å². The molecule has 9 nitrogen and oxygen atoms in total. The summed E-state index contributed by atoms with van der Waals surface area (Å²) in [5.41, 5.74) is 1.71. The van der Waals surface area contributed by atoms with Crippen LogP contribution < -0.4 is 15.5 Å². The summed E-state index contributed by atoms with van der Waals surface area (Å²) in [4.78, 5) is 38.5. The standard InChI is InChI=1S/C16H19N5O2.C2HF3O2/c22-14-5-10-21(16(23)19-14)13-3-8-18-15-12(13)4-9-20(15)11-1-6-17-7-2-11;3-2(4,5)1(6)7/h3-4,8-9,11,17H,1-2,5-7,10H2,(H,19,22,23);(H,6,7). The molecule has 2 fully saturated rings. The van der Waals surface area contributed by atoms with Gasteiger partial charge < -0.3 is 15.0 Å². The van der Waals surface area contributed by atoms with Crippen molar-refractivity contribution in [2.45, 2.75) is 31.5 Å². The third-order valence-electron chi connectivity index (χ3n) is 4.88. The smallest absolute Gasteiger partial charge is 0.475 e. The van der Waals surface area contributed by atoms with Crippen molar-refractivity contribution in [3.05, 3.63) is 24.5 Å². The number of nitrogens with one attached hydrogen (secondary N) is 2. The average molecular weight is 427 g/mol. The summed E-state index contributed by atoms with van der Waals surface area (Å²) in [5.74, 6) is -2.98. The molecule has 0 aliphatic carbocycles. The second kappa shape index (κ2) is 8.69. The zero-order chi connectivity index (χ0) is 21.9. The second-order valence-electron chi connectivity index (χ2n) is 6.83. The van der Waals surface area contributed by atoms with Crippen molar-refractivity contribution in [1.82, 2.24) is 20.2 Å². The number of rotatable bonds is 2. The minimum atomic E-state index is -5.08. The summed E-state index contributed by atoms with van der Waals surface area (Å²) in [5, 5.41) is 13.8. The predicted octanol–water partition coefficient (Wildman–Crippen LogP) is 2.04. The van der Waals surface area contributed by atoms with Gasteiger partial charge in [-0.2, -0.15) is 13.2 Å². The van der Waals surface area contributed by atoms with E-state index < -0.39 is 12.1 Å². The van der Waals surface area contributed by atoms with Gasteiger partial charge in [0.15, 0.2) is 0 Å². The molecule has 0 radical (unpaired) electrons. The predicted molar refractivity (Wildman–Crippen MR) is 100 cm³/mol. The minimum absolute atomic E-state index is 0.219. The molecule has 2 aromatic heterocycles. The normalized spacial score (nSPS) is 18.0. The number of carbonyl (C=O) groups is 3. The maximum absolute atomic E-state index is 12.1. The molecule has 162 valence electrons. The molecule has 2 aliphatic rings. The molecule has 0 spiro atoms. The first kappa shape index (κ1) is 21.6. The number of fused-ring (bicyclic) bond motifs is 1. The van der Waals surface area contributed by atoms with E-state index in [1.807, 2.05) is 12.1 Å². The SMILES string of the molecule is O=C(O)C(F)(F)F.O=C1CCN(c2ccnc3c2ccn3C2CCNCC2)C(=O)N1. The fraction of sp³-hybridized carbons (Fsp3) is 0.444. The van der Waals surface area contributed by atoms with Gasteiger partial charge in [-0.05, 0) is 38.1 Å². The maximum Gasteiger partial charge on any atom is 0.490 e. The summed E-state index contributed by atoms with van der Waals surface area (Å²) in [6, 6.07) is 3.94. The number of alkyl halides is 3. The Hall–Kier alpha value is -3.15. The topological polar surface area (TPSA) is 117 Å². The Kier molecular flexibility index (Phi) is 6.25. The highest BCUT2D eigenvalue weighted by Crippen LogP contribution is 2.31. The van der Waals surface area contributed by atoms with E-state index in [4.69, 9.17) is 9.90 Å². The molecule has 0 unspecified atom stereocenters. The number of imide groups is 1. The first-order chi connectivity index (χ1) is 14.2. The van der Waals surface area contributed by atoms with Crippen molar-refractivity contribution < 1.29 is 32.7 Å². The first-order valence-electron chi connectivity index (χ1n) is 9.26. The van der Waals surface area contributed by atoms with Crippen LogP contribution in [-0.2, 0) is 9.59 Å². The lowest BCUT2D eigenvalue weighted by Gasteiger charge is -2.27. The molecule has 3 N–H and O–H groups in total. The number of hydrogen-bond donors (Lipinski definition) is 3. The number of anilines is 1. The molecule has 4 heterocycles. The van der Waals surface area contributed by atoms with Crippen LogP contribution in [0, 0.1) is 0 Å². The molecule has 2 aliphatic heterocycles. The van der Waals surface area contributed by atoms with Crippen LogP contribution in [0.25, 0.3) is 11.0 Å². The van der Waals surface area contributed by atoms with E-state index >= 15 is 0 Å². The molecular weight excluding hydrogens is 407 g/mol. The summed E-state index contributed by atoms with van der Waals surface area (Å²) in [6.45, 7) is 2.43. The van der Waals surface area contributed by atoms with Crippen molar-refractivity contribution in [1.29, 1.82) is 0 Å². The van der Waals surface area contributed by atoms with Crippen LogP contribution in [0.1, 0.15) is 25.3 Å². The van der Waals surface area contributed by atoms with E-state index in [9.17, 15) is 22.8 Å². The molecule has 2 saturated heterocycles. The van der Waals surface area contributed by atoms with Crippen LogP contribution in [0.5, 0.6) is 0 Å². The van der Waals surface area contributed by atoms with E-state index in [2.05, 4.69) is 26.4 Å².